The van der Waals surface area contributed by atoms with Gasteiger partial charge in [-0.3, -0.25) is 4.79 Å². The largest absolute Gasteiger partial charge is 0.466 e. The summed E-state index contributed by atoms with van der Waals surface area (Å²) in [5.41, 5.74) is 0.648. The third-order valence-electron chi connectivity index (χ3n) is 1.46. The lowest BCUT2D eigenvalue weighted by Crippen LogP contribution is -1.91. The maximum atomic E-state index is 10.9. The second kappa shape index (κ2) is 6.66. The molecule has 0 aliphatic carbocycles. The third kappa shape index (κ3) is 3.72. The Morgan fingerprint density at radius 3 is 2.57 bits per heavy atom. The normalized spacial score (nSPS) is 8.07. The third-order valence-corrected chi connectivity index (χ3v) is 1.46. The number of carbonyl (C=O) groups is 1. The molecule has 0 aliphatic heterocycles. The van der Waals surface area contributed by atoms with Gasteiger partial charge in [-0.15, -0.1) is 13.2 Å². The van der Waals surface area contributed by atoms with Gasteiger partial charge in [0.1, 0.15) is 5.75 Å². The van der Waals surface area contributed by atoms with E-state index >= 15 is 0 Å². The molecule has 0 atom stereocenters. The van der Waals surface area contributed by atoms with E-state index in [9.17, 15) is 4.79 Å². The summed E-state index contributed by atoms with van der Waals surface area (Å²) in [7, 11) is 0. The minimum Gasteiger partial charge on any atom is -0.466 e. The van der Waals surface area contributed by atoms with Crippen molar-refractivity contribution in [3.05, 3.63) is 55.8 Å². The fourth-order valence-corrected chi connectivity index (χ4v) is 0.885. The predicted octanol–water partition coefficient (Wildman–Crippen LogP) is 3.21. The van der Waals surface area contributed by atoms with Crippen molar-refractivity contribution in [2.24, 2.45) is 0 Å². The van der Waals surface area contributed by atoms with Crippen LogP contribution in [0.15, 0.2) is 50.3 Å². The molecular weight excluding hydrogens is 176 g/mol. The van der Waals surface area contributed by atoms with Crippen molar-refractivity contribution in [3.63, 3.8) is 0 Å². The molecule has 0 radical (unpaired) electrons. The lowest BCUT2D eigenvalue weighted by Gasteiger charge is -2.00. The molecule has 14 heavy (non-hydrogen) atoms. The molecule has 0 saturated heterocycles. The predicted molar refractivity (Wildman–Crippen MR) is 58.5 cm³/mol. The average molecular weight is 190 g/mol. The van der Waals surface area contributed by atoms with Crippen LogP contribution in [-0.4, -0.2) is 5.78 Å². The first-order chi connectivity index (χ1) is 6.74. The molecule has 0 N–H and O–H groups in total. The Hall–Kier alpha value is -1.83. The summed E-state index contributed by atoms with van der Waals surface area (Å²) in [6.07, 6.45) is 1.33. The van der Waals surface area contributed by atoms with Crippen LogP contribution in [0.2, 0.25) is 0 Å². The fourth-order valence-electron chi connectivity index (χ4n) is 0.885. The Labute approximate surface area is 84.5 Å². The summed E-state index contributed by atoms with van der Waals surface area (Å²) in [6, 6.07) is 6.98. The molecule has 2 nitrogen and oxygen atoms in total. The van der Waals surface area contributed by atoms with E-state index in [-0.39, 0.29) is 5.78 Å². The van der Waals surface area contributed by atoms with E-state index in [1.165, 1.54) is 13.2 Å². The number of Topliss-reactive ketones (excluding diaryl/α,β-unsaturated/α-hetero) is 1. The van der Waals surface area contributed by atoms with E-state index in [2.05, 4.69) is 19.7 Å². The van der Waals surface area contributed by atoms with Gasteiger partial charge in [0.25, 0.3) is 0 Å². The van der Waals surface area contributed by atoms with Gasteiger partial charge in [-0.2, -0.15) is 0 Å². The molecule has 1 aromatic carbocycles. The minimum absolute atomic E-state index is 0.0320. The summed E-state index contributed by atoms with van der Waals surface area (Å²) in [6.45, 7) is 10.9. The Kier molecular flexibility index (Phi) is 5.79. The maximum Gasteiger partial charge on any atom is 0.159 e. The molecule has 0 saturated carbocycles. The van der Waals surface area contributed by atoms with Crippen LogP contribution in [0.25, 0.3) is 0 Å². The molecule has 0 amide bonds. The highest BCUT2D eigenvalue weighted by atomic mass is 16.5. The van der Waals surface area contributed by atoms with Gasteiger partial charge >= 0.3 is 0 Å². The zero-order valence-electron chi connectivity index (χ0n) is 8.32. The first-order valence-corrected chi connectivity index (χ1v) is 4.12. The van der Waals surface area contributed by atoms with Gasteiger partial charge in [0.15, 0.2) is 5.78 Å². The smallest absolute Gasteiger partial charge is 0.159 e. The van der Waals surface area contributed by atoms with Crippen molar-refractivity contribution in [1.82, 2.24) is 0 Å². The number of carbonyl (C=O) groups excluding carboxylic acids is 1. The molecule has 0 aromatic heterocycles. The van der Waals surface area contributed by atoms with E-state index in [1.807, 2.05) is 0 Å². The van der Waals surface area contributed by atoms with Gasteiger partial charge in [-0.05, 0) is 19.1 Å². The van der Waals surface area contributed by atoms with Crippen LogP contribution in [0, 0.1) is 0 Å². The van der Waals surface area contributed by atoms with Crippen molar-refractivity contribution < 1.29 is 9.53 Å². The molecule has 0 spiro atoms. The van der Waals surface area contributed by atoms with Crippen LogP contribution < -0.4 is 4.74 Å². The number of ether oxygens (including phenoxy) is 1. The highest BCUT2D eigenvalue weighted by Gasteiger charge is 1.99. The molecule has 0 fully saturated rings. The highest BCUT2D eigenvalue weighted by molar-refractivity contribution is 5.94. The van der Waals surface area contributed by atoms with Crippen molar-refractivity contribution in [3.8, 4) is 5.75 Å². The van der Waals surface area contributed by atoms with Gasteiger partial charge in [0, 0.05) is 5.56 Å². The highest BCUT2D eigenvalue weighted by Crippen LogP contribution is 2.13. The van der Waals surface area contributed by atoms with Crippen molar-refractivity contribution in [2.45, 2.75) is 6.92 Å². The molecule has 1 rings (SSSR count). The first-order valence-electron chi connectivity index (χ1n) is 4.12. The standard InChI is InChI=1S/C10H10O2.C2H4/c1-3-12-10-6-4-5-9(7-10)8(2)11;1-2/h3-7H,1H2,2H3;1-2H2. The maximum absolute atomic E-state index is 10.9. The number of rotatable bonds is 3. The summed E-state index contributed by atoms with van der Waals surface area (Å²) >= 11 is 0. The zero-order valence-corrected chi connectivity index (χ0v) is 8.32. The molecule has 1 aromatic rings. The van der Waals surface area contributed by atoms with Crippen molar-refractivity contribution in [2.75, 3.05) is 0 Å². The van der Waals surface area contributed by atoms with E-state index in [1.54, 1.807) is 24.3 Å². The molecule has 0 aliphatic rings. The SMILES string of the molecule is C=C.C=COc1cccc(C(C)=O)c1. The Morgan fingerprint density at radius 2 is 2.07 bits per heavy atom. The quantitative estimate of drug-likeness (QED) is 0.415. The van der Waals surface area contributed by atoms with E-state index in [4.69, 9.17) is 4.74 Å². The van der Waals surface area contributed by atoms with Gasteiger partial charge in [-0.1, -0.05) is 18.7 Å². The number of ketones is 1. The average Bonchev–Trinajstić information content (AvgIpc) is 2.22. The van der Waals surface area contributed by atoms with Gasteiger partial charge in [0.2, 0.25) is 0 Å². The van der Waals surface area contributed by atoms with E-state index in [0.717, 1.165) is 0 Å². The van der Waals surface area contributed by atoms with Gasteiger partial charge in [0.05, 0.1) is 6.26 Å². The molecular formula is C12H14O2. The number of benzene rings is 1. The molecule has 0 unspecified atom stereocenters. The lowest BCUT2D eigenvalue weighted by molar-refractivity contribution is 0.101. The van der Waals surface area contributed by atoms with Crippen LogP contribution in [0.3, 0.4) is 0 Å². The van der Waals surface area contributed by atoms with Crippen LogP contribution in [0.5, 0.6) is 5.75 Å². The zero-order chi connectivity index (χ0) is 11.0. The van der Waals surface area contributed by atoms with Crippen LogP contribution >= 0.6 is 0 Å². The van der Waals surface area contributed by atoms with Gasteiger partial charge < -0.3 is 4.74 Å². The Balaban J connectivity index is 0.000000791. The van der Waals surface area contributed by atoms with E-state index in [0.29, 0.717) is 11.3 Å². The van der Waals surface area contributed by atoms with Crippen molar-refractivity contribution in [1.29, 1.82) is 0 Å². The summed E-state index contributed by atoms with van der Waals surface area (Å²) in [5, 5.41) is 0. The molecule has 74 valence electrons. The molecule has 0 heterocycles. The second-order valence-electron chi connectivity index (χ2n) is 2.37. The van der Waals surface area contributed by atoms with Crippen LogP contribution in [0.4, 0.5) is 0 Å². The van der Waals surface area contributed by atoms with Crippen LogP contribution in [-0.2, 0) is 0 Å². The first kappa shape index (κ1) is 12.2. The minimum atomic E-state index is 0.0320. The number of hydrogen-bond acceptors (Lipinski definition) is 2. The monoisotopic (exact) mass is 190 g/mol. The van der Waals surface area contributed by atoms with Crippen molar-refractivity contribution >= 4 is 5.78 Å². The second-order valence-corrected chi connectivity index (χ2v) is 2.37. The summed E-state index contributed by atoms with van der Waals surface area (Å²) in [4.78, 5) is 10.9. The Bertz CT molecular complexity index is 316. The Morgan fingerprint density at radius 1 is 1.43 bits per heavy atom. The number of hydrogen-bond donors (Lipinski definition) is 0. The topological polar surface area (TPSA) is 26.3 Å². The van der Waals surface area contributed by atoms with E-state index < -0.39 is 0 Å². The fraction of sp³-hybridized carbons (Fsp3) is 0.0833. The van der Waals surface area contributed by atoms with Crippen LogP contribution in [0.1, 0.15) is 17.3 Å². The summed E-state index contributed by atoms with van der Waals surface area (Å²) < 4.78 is 5.01. The van der Waals surface area contributed by atoms with Gasteiger partial charge in [-0.25, -0.2) is 0 Å². The lowest BCUT2D eigenvalue weighted by atomic mass is 10.1. The molecule has 2 heteroatoms. The molecule has 0 bridgehead atoms. The summed E-state index contributed by atoms with van der Waals surface area (Å²) in [5.74, 6) is 0.669.